The van der Waals surface area contributed by atoms with Gasteiger partial charge < -0.3 is 4.98 Å². The first kappa shape index (κ1) is 8.83. The van der Waals surface area contributed by atoms with Crippen LogP contribution in [-0.4, -0.2) is 4.98 Å². The number of alkyl halides is 2. The summed E-state index contributed by atoms with van der Waals surface area (Å²) in [5.74, 6) is -0.908. The Morgan fingerprint density at radius 1 is 1.50 bits per heavy atom. The van der Waals surface area contributed by atoms with Crippen LogP contribution < -0.4 is 5.56 Å². The minimum absolute atomic E-state index is 0.218. The predicted molar refractivity (Wildman–Crippen MR) is 36.7 cm³/mol. The fraction of sp³-hybridized carbons (Fsp3) is 0.286. The van der Waals surface area contributed by atoms with Gasteiger partial charge in [0.2, 0.25) is 0 Å². The Morgan fingerprint density at radius 3 is 2.58 bits per heavy atom. The van der Waals surface area contributed by atoms with Crippen molar-refractivity contribution in [3.63, 3.8) is 0 Å². The third-order valence-electron chi connectivity index (χ3n) is 1.50. The summed E-state index contributed by atoms with van der Waals surface area (Å²) < 4.78 is 36.7. The quantitative estimate of drug-likeness (QED) is 0.696. The molecule has 2 nitrogen and oxygen atoms in total. The Hall–Kier alpha value is -1.26. The van der Waals surface area contributed by atoms with E-state index >= 15 is 0 Å². The second-order valence-electron chi connectivity index (χ2n) is 2.32. The van der Waals surface area contributed by atoms with Crippen LogP contribution in [0.25, 0.3) is 0 Å². The average Bonchev–Trinajstić information content (AvgIpc) is 1.96. The van der Waals surface area contributed by atoms with Gasteiger partial charge in [-0.05, 0) is 6.92 Å². The fourth-order valence-corrected chi connectivity index (χ4v) is 0.833. The lowest BCUT2D eigenvalue weighted by Gasteiger charge is -2.03. The molecule has 0 aromatic carbocycles. The Balaban J connectivity index is 3.38. The lowest BCUT2D eigenvalue weighted by molar-refractivity contribution is 0.144. The molecule has 0 atom stereocenters. The Labute approximate surface area is 66.0 Å². The third-order valence-corrected chi connectivity index (χ3v) is 1.50. The van der Waals surface area contributed by atoms with Crippen LogP contribution in [0, 0.1) is 12.7 Å². The Bertz CT molecular complexity index is 345. The average molecular weight is 177 g/mol. The summed E-state index contributed by atoms with van der Waals surface area (Å²) in [5, 5.41) is 0. The summed E-state index contributed by atoms with van der Waals surface area (Å²) in [6.45, 7) is 1.19. The van der Waals surface area contributed by atoms with E-state index in [-0.39, 0.29) is 5.56 Å². The zero-order valence-electron chi connectivity index (χ0n) is 6.20. The molecule has 0 aliphatic rings. The zero-order chi connectivity index (χ0) is 9.30. The van der Waals surface area contributed by atoms with Crippen LogP contribution in [0.1, 0.15) is 17.7 Å². The van der Waals surface area contributed by atoms with E-state index in [1.165, 1.54) is 6.92 Å². The molecule has 0 unspecified atom stereocenters. The fourth-order valence-electron chi connectivity index (χ4n) is 0.833. The molecule has 66 valence electrons. The number of H-pyrrole nitrogens is 1. The second-order valence-corrected chi connectivity index (χ2v) is 2.32. The van der Waals surface area contributed by atoms with Gasteiger partial charge in [0.25, 0.3) is 12.0 Å². The number of aromatic amines is 1. The summed E-state index contributed by atoms with van der Waals surface area (Å²) in [4.78, 5) is 12.4. The molecule has 1 aromatic rings. The number of halogens is 3. The highest BCUT2D eigenvalue weighted by atomic mass is 19.3. The van der Waals surface area contributed by atoms with E-state index in [2.05, 4.69) is 0 Å². The van der Waals surface area contributed by atoms with E-state index in [0.29, 0.717) is 6.07 Å². The van der Waals surface area contributed by atoms with Crippen molar-refractivity contribution in [2.75, 3.05) is 0 Å². The number of aromatic nitrogens is 1. The summed E-state index contributed by atoms with van der Waals surface area (Å²) in [6, 6.07) is 0.640. The molecule has 0 saturated carbocycles. The van der Waals surface area contributed by atoms with Crippen molar-refractivity contribution < 1.29 is 13.2 Å². The normalized spacial score (nSPS) is 10.8. The molecule has 5 heteroatoms. The first-order valence-corrected chi connectivity index (χ1v) is 3.20. The van der Waals surface area contributed by atoms with Gasteiger partial charge in [-0.1, -0.05) is 0 Å². The molecule has 0 bridgehead atoms. The molecule has 0 amide bonds. The van der Waals surface area contributed by atoms with Gasteiger partial charge in [-0.3, -0.25) is 4.79 Å². The molecule has 1 aromatic heterocycles. The van der Waals surface area contributed by atoms with Gasteiger partial charge in [-0.25, -0.2) is 13.2 Å². The van der Waals surface area contributed by atoms with E-state index in [1.54, 1.807) is 0 Å². The van der Waals surface area contributed by atoms with Crippen molar-refractivity contribution in [1.82, 2.24) is 4.98 Å². The zero-order valence-corrected chi connectivity index (χ0v) is 6.20. The smallest absolute Gasteiger partial charge is 0.278 e. The molecule has 0 spiro atoms. The number of rotatable bonds is 1. The van der Waals surface area contributed by atoms with Crippen LogP contribution >= 0.6 is 0 Å². The first-order valence-electron chi connectivity index (χ1n) is 3.20. The van der Waals surface area contributed by atoms with Crippen LogP contribution in [-0.2, 0) is 0 Å². The maximum Gasteiger partial charge on any atom is 0.278 e. The lowest BCUT2D eigenvalue weighted by atomic mass is 10.2. The predicted octanol–water partition coefficient (Wildman–Crippen LogP) is 1.76. The van der Waals surface area contributed by atoms with Crippen molar-refractivity contribution in [3.05, 3.63) is 33.5 Å². The monoisotopic (exact) mass is 177 g/mol. The van der Waals surface area contributed by atoms with Crippen molar-refractivity contribution in [2.45, 2.75) is 13.3 Å². The molecule has 0 saturated heterocycles. The third kappa shape index (κ3) is 1.49. The maximum atomic E-state index is 12.6. The van der Waals surface area contributed by atoms with E-state index in [9.17, 15) is 18.0 Å². The molecule has 1 rings (SSSR count). The number of nitrogens with one attached hydrogen (secondary N) is 1. The van der Waals surface area contributed by atoms with Crippen molar-refractivity contribution in [3.8, 4) is 0 Å². The van der Waals surface area contributed by atoms with Gasteiger partial charge in [-0.15, -0.1) is 0 Å². The highest BCUT2D eigenvalue weighted by Crippen LogP contribution is 2.19. The molecule has 0 fully saturated rings. The molecule has 1 N–H and O–H groups in total. The van der Waals surface area contributed by atoms with Crippen LogP contribution in [0.15, 0.2) is 10.9 Å². The molecule has 0 aliphatic heterocycles. The van der Waals surface area contributed by atoms with Crippen molar-refractivity contribution in [1.29, 1.82) is 0 Å². The highest BCUT2D eigenvalue weighted by Gasteiger charge is 2.14. The van der Waals surface area contributed by atoms with Gasteiger partial charge >= 0.3 is 0 Å². The van der Waals surface area contributed by atoms with Gasteiger partial charge in [-0.2, -0.15) is 0 Å². The maximum absolute atomic E-state index is 12.6. The van der Waals surface area contributed by atoms with Crippen LogP contribution in [0.2, 0.25) is 0 Å². The molecule has 0 aliphatic carbocycles. The van der Waals surface area contributed by atoms with E-state index < -0.39 is 23.5 Å². The summed E-state index contributed by atoms with van der Waals surface area (Å²) in [6.07, 6.45) is -2.85. The minimum atomic E-state index is -2.85. The molecule has 12 heavy (non-hydrogen) atoms. The van der Waals surface area contributed by atoms with Crippen molar-refractivity contribution in [2.24, 2.45) is 0 Å². The molecular weight excluding hydrogens is 171 g/mol. The summed E-state index contributed by atoms with van der Waals surface area (Å²) >= 11 is 0. The van der Waals surface area contributed by atoms with Crippen LogP contribution in [0.4, 0.5) is 13.2 Å². The Morgan fingerprint density at radius 2 is 2.08 bits per heavy atom. The molecule has 0 radical (unpaired) electrons. The Kier molecular flexibility index (Phi) is 2.21. The van der Waals surface area contributed by atoms with Crippen LogP contribution in [0.3, 0.4) is 0 Å². The van der Waals surface area contributed by atoms with Gasteiger partial charge in [0.1, 0.15) is 5.82 Å². The van der Waals surface area contributed by atoms with Gasteiger partial charge in [0.05, 0.1) is 5.69 Å². The highest BCUT2D eigenvalue weighted by molar-refractivity contribution is 5.20. The summed E-state index contributed by atoms with van der Waals surface area (Å²) in [5.41, 5.74) is -1.72. The second kappa shape index (κ2) is 3.00. The topological polar surface area (TPSA) is 32.9 Å². The van der Waals surface area contributed by atoms with E-state index in [1.807, 2.05) is 4.98 Å². The lowest BCUT2D eigenvalue weighted by Crippen LogP contribution is -2.11. The minimum Gasteiger partial charge on any atom is -0.321 e. The number of hydrogen-bond donors (Lipinski definition) is 1. The number of pyridine rings is 1. The first-order chi connectivity index (χ1) is 5.52. The van der Waals surface area contributed by atoms with E-state index in [4.69, 9.17) is 0 Å². The molecule has 1 heterocycles. The van der Waals surface area contributed by atoms with Crippen molar-refractivity contribution >= 4 is 0 Å². The SMILES string of the molecule is Cc1c(F)cc(=O)[nH]c1C(F)F. The van der Waals surface area contributed by atoms with Crippen LogP contribution in [0.5, 0.6) is 0 Å². The van der Waals surface area contributed by atoms with Gasteiger partial charge in [0, 0.05) is 11.6 Å². The van der Waals surface area contributed by atoms with Gasteiger partial charge in [0.15, 0.2) is 0 Å². The standard InChI is InChI=1S/C7H6F3NO/c1-3-4(8)2-5(12)11-6(3)7(9)10/h2,7H,1H3,(H,11,12). The molecular formula is C7H6F3NO. The number of hydrogen-bond acceptors (Lipinski definition) is 1. The summed E-state index contributed by atoms with van der Waals surface area (Å²) in [7, 11) is 0. The van der Waals surface area contributed by atoms with E-state index in [0.717, 1.165) is 0 Å². The largest absolute Gasteiger partial charge is 0.321 e.